The van der Waals surface area contributed by atoms with Crippen molar-refractivity contribution in [2.24, 2.45) is 5.92 Å². The lowest BCUT2D eigenvalue weighted by atomic mass is 10.0. The average Bonchev–Trinajstić information content (AvgIpc) is 2.54. The Morgan fingerprint density at radius 3 is 2.62 bits per heavy atom. The quantitative estimate of drug-likeness (QED) is 0.718. The van der Waals surface area contributed by atoms with E-state index in [0.29, 0.717) is 27.1 Å². The molecule has 1 heterocycles. The molecule has 1 aliphatic heterocycles. The van der Waals surface area contributed by atoms with E-state index in [1.54, 1.807) is 12.1 Å². The lowest BCUT2D eigenvalue weighted by molar-refractivity contribution is 0.0133. The molecular formula is C17H25Cl2N3OS. The van der Waals surface area contributed by atoms with Crippen LogP contribution in [0.15, 0.2) is 18.2 Å². The van der Waals surface area contributed by atoms with Crippen molar-refractivity contribution in [1.82, 2.24) is 10.2 Å². The molecule has 0 radical (unpaired) electrons. The van der Waals surface area contributed by atoms with Crippen LogP contribution in [0.4, 0.5) is 5.69 Å². The van der Waals surface area contributed by atoms with Gasteiger partial charge in [0.1, 0.15) is 0 Å². The maximum atomic E-state index is 6.17. The molecule has 1 unspecified atom stereocenters. The van der Waals surface area contributed by atoms with Crippen LogP contribution in [0.5, 0.6) is 0 Å². The van der Waals surface area contributed by atoms with Gasteiger partial charge in [0.05, 0.1) is 23.9 Å². The fourth-order valence-electron chi connectivity index (χ4n) is 2.82. The van der Waals surface area contributed by atoms with Crippen LogP contribution in [0.1, 0.15) is 20.3 Å². The molecule has 0 aromatic heterocycles. The summed E-state index contributed by atoms with van der Waals surface area (Å²) < 4.78 is 5.46. The van der Waals surface area contributed by atoms with E-state index in [0.717, 1.165) is 45.0 Å². The Morgan fingerprint density at radius 2 is 2.00 bits per heavy atom. The highest BCUT2D eigenvalue weighted by Crippen LogP contribution is 2.25. The zero-order valence-electron chi connectivity index (χ0n) is 14.1. The first-order chi connectivity index (χ1) is 11.5. The number of rotatable bonds is 6. The number of thiocarbonyl (C=S) groups is 1. The summed E-state index contributed by atoms with van der Waals surface area (Å²) >= 11 is 17.5. The lowest BCUT2D eigenvalue weighted by Crippen LogP contribution is -2.49. The number of ether oxygens (including phenoxy) is 1. The number of halogens is 2. The zero-order valence-corrected chi connectivity index (χ0v) is 16.5. The Labute approximate surface area is 159 Å². The van der Waals surface area contributed by atoms with E-state index in [9.17, 15) is 0 Å². The van der Waals surface area contributed by atoms with Gasteiger partial charge in [-0.25, -0.2) is 0 Å². The summed E-state index contributed by atoms with van der Waals surface area (Å²) in [7, 11) is 0. The second-order valence-corrected chi connectivity index (χ2v) is 7.64. The van der Waals surface area contributed by atoms with Crippen molar-refractivity contribution < 1.29 is 4.74 Å². The highest BCUT2D eigenvalue weighted by molar-refractivity contribution is 7.80. The second kappa shape index (κ2) is 9.78. The van der Waals surface area contributed by atoms with Gasteiger partial charge >= 0.3 is 0 Å². The van der Waals surface area contributed by atoms with Crippen LogP contribution in [0.2, 0.25) is 10.0 Å². The molecule has 1 aromatic carbocycles. The van der Waals surface area contributed by atoms with Crippen LogP contribution in [0, 0.1) is 5.92 Å². The monoisotopic (exact) mass is 389 g/mol. The van der Waals surface area contributed by atoms with Crippen LogP contribution in [0.25, 0.3) is 0 Å². The van der Waals surface area contributed by atoms with Gasteiger partial charge in [0.25, 0.3) is 0 Å². The third-order valence-corrected chi connectivity index (χ3v) is 4.78. The molecule has 7 heteroatoms. The summed E-state index contributed by atoms with van der Waals surface area (Å²) in [6.07, 6.45) is 1.12. The van der Waals surface area contributed by atoms with E-state index in [-0.39, 0.29) is 0 Å². The second-order valence-electron chi connectivity index (χ2n) is 6.39. The fraction of sp³-hybridized carbons (Fsp3) is 0.588. The summed E-state index contributed by atoms with van der Waals surface area (Å²) in [4.78, 5) is 2.48. The van der Waals surface area contributed by atoms with E-state index >= 15 is 0 Å². The van der Waals surface area contributed by atoms with Crippen LogP contribution in [-0.2, 0) is 4.74 Å². The molecule has 1 aliphatic rings. The molecule has 1 atom stereocenters. The molecule has 1 fully saturated rings. The lowest BCUT2D eigenvalue weighted by Gasteiger charge is -2.35. The molecular weight excluding hydrogens is 365 g/mol. The normalized spacial score (nSPS) is 16.9. The number of anilines is 1. The average molecular weight is 390 g/mol. The molecule has 0 bridgehead atoms. The van der Waals surface area contributed by atoms with Gasteiger partial charge in [-0.3, -0.25) is 4.90 Å². The van der Waals surface area contributed by atoms with Crippen molar-refractivity contribution >= 4 is 46.2 Å². The molecule has 134 valence electrons. The third-order valence-electron chi connectivity index (χ3n) is 3.98. The van der Waals surface area contributed by atoms with E-state index in [1.165, 1.54) is 0 Å². The Morgan fingerprint density at radius 1 is 1.29 bits per heavy atom. The van der Waals surface area contributed by atoms with Gasteiger partial charge in [-0.2, -0.15) is 0 Å². The number of nitrogens with zero attached hydrogens (tertiary/aromatic N) is 1. The predicted molar refractivity (Wildman–Crippen MR) is 106 cm³/mol. The Kier molecular flexibility index (Phi) is 8.04. The third kappa shape index (κ3) is 6.37. The smallest absolute Gasteiger partial charge is 0.170 e. The molecule has 0 saturated carbocycles. The SMILES string of the molecule is CC(C)CC(CNC(=S)Nc1ccc(Cl)cc1Cl)N1CCOCC1. The number of benzene rings is 1. The van der Waals surface area contributed by atoms with Gasteiger partial charge in [-0.1, -0.05) is 37.0 Å². The highest BCUT2D eigenvalue weighted by Gasteiger charge is 2.22. The minimum Gasteiger partial charge on any atom is -0.379 e. The van der Waals surface area contributed by atoms with Crippen molar-refractivity contribution in [2.75, 3.05) is 38.2 Å². The van der Waals surface area contributed by atoms with E-state index in [4.69, 9.17) is 40.2 Å². The topological polar surface area (TPSA) is 36.5 Å². The standard InChI is InChI=1S/C17H25Cl2N3OS/c1-12(2)9-14(22-5-7-23-8-6-22)11-20-17(24)21-16-4-3-13(18)10-15(16)19/h3-4,10,12,14H,5-9,11H2,1-2H3,(H2,20,21,24). The van der Waals surface area contributed by atoms with Crippen molar-refractivity contribution in [2.45, 2.75) is 26.3 Å². The maximum absolute atomic E-state index is 6.17. The van der Waals surface area contributed by atoms with Gasteiger partial charge in [-0.05, 0) is 42.8 Å². The summed E-state index contributed by atoms with van der Waals surface area (Å²) in [5, 5.41) is 8.19. The first-order valence-electron chi connectivity index (χ1n) is 8.27. The number of nitrogens with one attached hydrogen (secondary N) is 2. The Bertz CT molecular complexity index is 551. The molecule has 4 nitrogen and oxygen atoms in total. The number of hydrogen-bond acceptors (Lipinski definition) is 3. The van der Waals surface area contributed by atoms with E-state index < -0.39 is 0 Å². The first-order valence-corrected chi connectivity index (χ1v) is 9.44. The molecule has 1 saturated heterocycles. The summed E-state index contributed by atoms with van der Waals surface area (Å²) in [5.41, 5.74) is 0.755. The molecule has 2 N–H and O–H groups in total. The minimum atomic E-state index is 0.439. The minimum absolute atomic E-state index is 0.439. The van der Waals surface area contributed by atoms with Crippen molar-refractivity contribution in [3.05, 3.63) is 28.2 Å². The van der Waals surface area contributed by atoms with Crippen LogP contribution < -0.4 is 10.6 Å². The fourth-order valence-corrected chi connectivity index (χ4v) is 3.47. The van der Waals surface area contributed by atoms with Crippen molar-refractivity contribution in [3.63, 3.8) is 0 Å². The maximum Gasteiger partial charge on any atom is 0.170 e. The van der Waals surface area contributed by atoms with E-state index in [1.807, 2.05) is 6.07 Å². The van der Waals surface area contributed by atoms with E-state index in [2.05, 4.69) is 29.4 Å². The summed E-state index contributed by atoms with van der Waals surface area (Å²) in [5.74, 6) is 0.631. The molecule has 2 rings (SSSR count). The molecule has 0 spiro atoms. The van der Waals surface area contributed by atoms with Crippen LogP contribution in [-0.4, -0.2) is 48.9 Å². The largest absolute Gasteiger partial charge is 0.379 e. The van der Waals surface area contributed by atoms with Crippen LogP contribution in [0.3, 0.4) is 0 Å². The first kappa shape index (κ1) is 19.7. The van der Waals surface area contributed by atoms with Gasteiger partial charge < -0.3 is 15.4 Å². The van der Waals surface area contributed by atoms with Gasteiger partial charge in [0, 0.05) is 30.7 Å². The van der Waals surface area contributed by atoms with Gasteiger partial charge in [-0.15, -0.1) is 0 Å². The number of morpholine rings is 1. The summed E-state index contributed by atoms with van der Waals surface area (Å²) in [6, 6.07) is 5.75. The Balaban J connectivity index is 1.88. The number of hydrogen-bond donors (Lipinski definition) is 2. The van der Waals surface area contributed by atoms with Gasteiger partial charge in [0.2, 0.25) is 0 Å². The predicted octanol–water partition coefficient (Wildman–Crippen LogP) is 4.03. The summed E-state index contributed by atoms with van der Waals surface area (Å²) in [6.45, 7) is 8.85. The van der Waals surface area contributed by atoms with Gasteiger partial charge in [0.15, 0.2) is 5.11 Å². The molecule has 0 amide bonds. The Hall–Kier alpha value is -0.590. The zero-order chi connectivity index (χ0) is 17.5. The van der Waals surface area contributed by atoms with Crippen LogP contribution >= 0.6 is 35.4 Å². The van der Waals surface area contributed by atoms with Crippen molar-refractivity contribution in [3.8, 4) is 0 Å². The molecule has 24 heavy (non-hydrogen) atoms. The van der Waals surface area contributed by atoms with Crippen molar-refractivity contribution in [1.29, 1.82) is 0 Å². The highest BCUT2D eigenvalue weighted by atomic mass is 35.5. The molecule has 0 aliphatic carbocycles. The molecule has 1 aromatic rings.